The van der Waals surface area contributed by atoms with Gasteiger partial charge in [-0.2, -0.15) is 0 Å². The molecule has 0 aliphatic rings. The van der Waals surface area contributed by atoms with Gasteiger partial charge in [0.15, 0.2) is 0 Å². The third-order valence-corrected chi connectivity index (χ3v) is 4.63. The van der Waals surface area contributed by atoms with E-state index in [-0.39, 0.29) is 0 Å². The van der Waals surface area contributed by atoms with E-state index < -0.39 is 10.0 Å². The summed E-state index contributed by atoms with van der Waals surface area (Å²) in [5.41, 5.74) is 0. The Balaban J connectivity index is 2.19. The van der Waals surface area contributed by atoms with Crippen LogP contribution in [0, 0.1) is 0 Å². The molecule has 5 heteroatoms. The Bertz CT molecular complexity index is 676. The van der Waals surface area contributed by atoms with E-state index in [1.807, 2.05) is 49.3 Å². The third-order valence-electron chi connectivity index (χ3n) is 3.11. The predicted molar refractivity (Wildman–Crippen MR) is 82.3 cm³/mol. The first-order chi connectivity index (χ1) is 9.50. The van der Waals surface area contributed by atoms with Crippen LogP contribution in [-0.2, 0) is 10.0 Å². The Morgan fingerprint density at radius 1 is 1.05 bits per heavy atom. The predicted octanol–water partition coefficient (Wildman–Crippen LogP) is 2.07. The molecule has 0 saturated carbocycles. The van der Waals surface area contributed by atoms with Crippen LogP contribution in [0.4, 0.5) is 0 Å². The highest BCUT2D eigenvalue weighted by Gasteiger charge is 2.16. The molecule has 0 bridgehead atoms. The summed E-state index contributed by atoms with van der Waals surface area (Å²) in [7, 11) is 0.490. The maximum Gasteiger partial charge on any atom is 0.241 e. The fourth-order valence-corrected chi connectivity index (χ4v) is 3.41. The van der Waals surface area contributed by atoms with Crippen molar-refractivity contribution in [3.63, 3.8) is 0 Å². The van der Waals surface area contributed by atoms with Crippen LogP contribution in [-0.4, -0.2) is 40.5 Å². The first kappa shape index (κ1) is 15.0. The molecule has 0 heterocycles. The molecule has 2 aromatic carbocycles. The number of hydrogen-bond acceptors (Lipinski definition) is 3. The summed E-state index contributed by atoms with van der Waals surface area (Å²) in [6.45, 7) is 1.31. The third kappa shape index (κ3) is 3.56. The topological polar surface area (TPSA) is 49.4 Å². The van der Waals surface area contributed by atoms with Gasteiger partial charge in [-0.15, -0.1) is 0 Å². The van der Waals surface area contributed by atoms with Crippen molar-refractivity contribution in [2.24, 2.45) is 0 Å². The summed E-state index contributed by atoms with van der Waals surface area (Å²) in [5, 5.41) is 1.69. The Labute approximate surface area is 120 Å². The summed E-state index contributed by atoms with van der Waals surface area (Å²) < 4.78 is 27.4. The molecule has 0 saturated heterocycles. The van der Waals surface area contributed by atoms with E-state index >= 15 is 0 Å². The van der Waals surface area contributed by atoms with Crippen molar-refractivity contribution >= 4 is 20.8 Å². The van der Waals surface area contributed by atoms with Crippen molar-refractivity contribution in [2.75, 3.05) is 27.2 Å². The summed E-state index contributed by atoms with van der Waals surface area (Å²) in [6.07, 6.45) is 0.789. The molecule has 0 aromatic heterocycles. The highest BCUT2D eigenvalue weighted by Crippen LogP contribution is 2.22. The van der Waals surface area contributed by atoms with Crippen LogP contribution in [0.25, 0.3) is 10.8 Å². The van der Waals surface area contributed by atoms with E-state index in [0.717, 1.165) is 23.7 Å². The summed E-state index contributed by atoms with van der Waals surface area (Å²) in [4.78, 5) is 2.38. The minimum absolute atomic E-state index is 0.348. The van der Waals surface area contributed by atoms with E-state index in [9.17, 15) is 8.42 Å². The normalized spacial score (nSPS) is 12.2. The fraction of sp³-hybridized carbons (Fsp3) is 0.333. The first-order valence-electron chi connectivity index (χ1n) is 6.63. The average molecular weight is 292 g/mol. The van der Waals surface area contributed by atoms with E-state index in [4.69, 9.17) is 0 Å². The van der Waals surface area contributed by atoms with Gasteiger partial charge >= 0.3 is 0 Å². The Hall–Kier alpha value is -1.43. The van der Waals surface area contributed by atoms with Crippen LogP contribution >= 0.6 is 0 Å². The molecule has 0 unspecified atom stereocenters. The average Bonchev–Trinajstić information content (AvgIpc) is 2.43. The number of nitrogens with one attached hydrogen (secondary N) is 1. The van der Waals surface area contributed by atoms with Crippen molar-refractivity contribution in [1.29, 1.82) is 0 Å². The van der Waals surface area contributed by atoms with Crippen molar-refractivity contribution in [2.45, 2.75) is 11.3 Å². The zero-order valence-electron chi connectivity index (χ0n) is 11.8. The molecule has 4 nitrogen and oxygen atoms in total. The molecule has 1 N–H and O–H groups in total. The standard InChI is InChI=1S/C15H20N2O2S/c1-17(2)12-6-11-16-20(18,19)15-10-5-8-13-7-3-4-9-14(13)15/h3-5,7-10,16H,6,11-12H2,1-2H3. The Kier molecular flexibility index (Phi) is 4.75. The quantitative estimate of drug-likeness (QED) is 0.829. The summed E-state index contributed by atoms with van der Waals surface area (Å²) in [5.74, 6) is 0. The first-order valence-corrected chi connectivity index (χ1v) is 8.11. The lowest BCUT2D eigenvalue weighted by atomic mass is 10.1. The number of rotatable bonds is 6. The second-order valence-corrected chi connectivity index (χ2v) is 6.77. The molecule has 20 heavy (non-hydrogen) atoms. The fourth-order valence-electron chi connectivity index (χ4n) is 2.11. The highest BCUT2D eigenvalue weighted by molar-refractivity contribution is 7.89. The molecule has 0 aliphatic heterocycles. The van der Waals surface area contributed by atoms with Crippen LogP contribution in [0.2, 0.25) is 0 Å². The molecule has 2 aromatic rings. The maximum atomic E-state index is 12.4. The van der Waals surface area contributed by atoms with Gasteiger partial charge in [0.2, 0.25) is 10.0 Å². The molecular weight excluding hydrogens is 272 g/mol. The SMILES string of the molecule is CN(C)CCCNS(=O)(=O)c1cccc2ccccc12. The maximum absolute atomic E-state index is 12.4. The monoisotopic (exact) mass is 292 g/mol. The van der Waals surface area contributed by atoms with Gasteiger partial charge in [-0.05, 0) is 38.5 Å². The lowest BCUT2D eigenvalue weighted by molar-refractivity contribution is 0.400. The minimum atomic E-state index is -3.45. The number of fused-ring (bicyclic) bond motifs is 1. The second-order valence-electron chi connectivity index (χ2n) is 5.03. The lowest BCUT2D eigenvalue weighted by Gasteiger charge is -2.11. The largest absolute Gasteiger partial charge is 0.309 e. The number of sulfonamides is 1. The Morgan fingerprint density at radius 2 is 1.75 bits per heavy atom. The van der Waals surface area contributed by atoms with Gasteiger partial charge in [-0.1, -0.05) is 36.4 Å². The van der Waals surface area contributed by atoms with Crippen molar-refractivity contribution < 1.29 is 8.42 Å². The van der Waals surface area contributed by atoms with Crippen LogP contribution in [0.5, 0.6) is 0 Å². The van der Waals surface area contributed by atoms with Gasteiger partial charge < -0.3 is 4.90 Å². The molecule has 108 valence electrons. The molecule has 0 aliphatic carbocycles. The molecule has 2 rings (SSSR count). The zero-order chi connectivity index (χ0) is 14.6. The summed E-state index contributed by atoms with van der Waals surface area (Å²) >= 11 is 0. The van der Waals surface area contributed by atoms with Gasteiger partial charge in [0, 0.05) is 11.9 Å². The van der Waals surface area contributed by atoms with Crippen LogP contribution in [0.15, 0.2) is 47.4 Å². The minimum Gasteiger partial charge on any atom is -0.309 e. The Morgan fingerprint density at radius 3 is 2.50 bits per heavy atom. The lowest BCUT2D eigenvalue weighted by Crippen LogP contribution is -2.27. The van der Waals surface area contributed by atoms with E-state index in [1.165, 1.54) is 0 Å². The van der Waals surface area contributed by atoms with Gasteiger partial charge in [0.25, 0.3) is 0 Å². The molecular formula is C15H20N2O2S. The highest BCUT2D eigenvalue weighted by atomic mass is 32.2. The van der Waals surface area contributed by atoms with E-state index in [2.05, 4.69) is 4.72 Å². The second kappa shape index (κ2) is 6.35. The number of nitrogens with zero attached hydrogens (tertiary/aromatic N) is 1. The van der Waals surface area contributed by atoms with Crippen LogP contribution < -0.4 is 4.72 Å². The summed E-state index contributed by atoms with van der Waals surface area (Å²) in [6, 6.07) is 12.9. The van der Waals surface area contributed by atoms with E-state index in [1.54, 1.807) is 12.1 Å². The molecule has 0 fully saturated rings. The van der Waals surface area contributed by atoms with Crippen molar-refractivity contribution in [3.05, 3.63) is 42.5 Å². The van der Waals surface area contributed by atoms with Gasteiger partial charge in [0.1, 0.15) is 0 Å². The van der Waals surface area contributed by atoms with Gasteiger partial charge in [-0.3, -0.25) is 0 Å². The zero-order valence-corrected chi connectivity index (χ0v) is 12.7. The number of benzene rings is 2. The van der Waals surface area contributed by atoms with Crippen molar-refractivity contribution in [3.8, 4) is 0 Å². The van der Waals surface area contributed by atoms with Gasteiger partial charge in [0.05, 0.1) is 4.90 Å². The van der Waals surface area contributed by atoms with Crippen LogP contribution in [0.1, 0.15) is 6.42 Å². The molecule has 0 radical (unpaired) electrons. The van der Waals surface area contributed by atoms with Gasteiger partial charge in [-0.25, -0.2) is 13.1 Å². The van der Waals surface area contributed by atoms with E-state index in [0.29, 0.717) is 11.4 Å². The molecule has 0 spiro atoms. The molecule has 0 amide bonds. The van der Waals surface area contributed by atoms with Crippen LogP contribution in [0.3, 0.4) is 0 Å². The smallest absolute Gasteiger partial charge is 0.241 e. The van der Waals surface area contributed by atoms with Crippen molar-refractivity contribution in [1.82, 2.24) is 9.62 Å². The molecule has 0 atom stereocenters. The number of hydrogen-bond donors (Lipinski definition) is 1.